The number of halogens is 3. The molecule has 2 atom stereocenters. The molecule has 2 aromatic rings. The lowest BCUT2D eigenvalue weighted by Crippen LogP contribution is -2.42. The Kier molecular flexibility index (Phi) is 4.70. The molecule has 0 spiro atoms. The zero-order valence-electron chi connectivity index (χ0n) is 15.0. The van der Waals surface area contributed by atoms with Crippen LogP contribution in [0.2, 0.25) is 0 Å². The summed E-state index contributed by atoms with van der Waals surface area (Å²) in [5.74, 6) is -4.22. The number of carbonyl (C=O) groups excluding carboxylic acids is 1. The second-order valence-electron chi connectivity index (χ2n) is 7.54. The molecule has 2 nitrogen and oxygen atoms in total. The summed E-state index contributed by atoms with van der Waals surface area (Å²) in [5, 5.41) is 0. The maximum atomic E-state index is 14.0. The molecular formula is C22H22F3NO. The molecule has 0 saturated heterocycles. The van der Waals surface area contributed by atoms with Gasteiger partial charge in [-0.05, 0) is 48.1 Å². The van der Waals surface area contributed by atoms with Crippen molar-refractivity contribution >= 4 is 5.91 Å². The largest absolute Gasteiger partial charge is 0.331 e. The van der Waals surface area contributed by atoms with Crippen molar-refractivity contribution in [3.05, 3.63) is 71.0 Å². The van der Waals surface area contributed by atoms with Gasteiger partial charge in [-0.2, -0.15) is 0 Å². The third-order valence-electron chi connectivity index (χ3n) is 5.87. The second kappa shape index (κ2) is 7.02. The van der Waals surface area contributed by atoms with Crippen LogP contribution in [0.5, 0.6) is 0 Å². The summed E-state index contributed by atoms with van der Waals surface area (Å²) < 4.78 is 41.5. The van der Waals surface area contributed by atoms with Crippen LogP contribution in [0.15, 0.2) is 48.5 Å². The Hall–Kier alpha value is -2.30. The molecule has 0 bridgehead atoms. The van der Waals surface area contributed by atoms with E-state index in [0.717, 1.165) is 16.7 Å². The molecule has 4 rings (SSSR count). The molecule has 142 valence electrons. The van der Waals surface area contributed by atoms with Gasteiger partial charge in [0.15, 0.2) is 0 Å². The van der Waals surface area contributed by atoms with Gasteiger partial charge in [-0.3, -0.25) is 4.79 Å². The summed E-state index contributed by atoms with van der Waals surface area (Å²) in [6, 6.07) is 13.6. The zero-order chi connectivity index (χ0) is 19.0. The first-order valence-corrected chi connectivity index (χ1v) is 9.46. The summed E-state index contributed by atoms with van der Waals surface area (Å²) in [6.07, 6.45) is 1.29. The van der Waals surface area contributed by atoms with Gasteiger partial charge < -0.3 is 4.90 Å². The number of benzene rings is 2. The Morgan fingerprint density at radius 3 is 2.56 bits per heavy atom. The van der Waals surface area contributed by atoms with E-state index in [0.29, 0.717) is 25.8 Å². The van der Waals surface area contributed by atoms with Gasteiger partial charge in [0.2, 0.25) is 5.91 Å². The number of carbonyl (C=O) groups is 1. The van der Waals surface area contributed by atoms with Crippen LogP contribution in [-0.2, 0) is 11.2 Å². The highest BCUT2D eigenvalue weighted by Crippen LogP contribution is 2.43. The highest BCUT2D eigenvalue weighted by atomic mass is 19.3. The third-order valence-corrected chi connectivity index (χ3v) is 5.87. The molecule has 1 aliphatic heterocycles. The fraction of sp³-hybridized carbons (Fsp3) is 0.409. The van der Waals surface area contributed by atoms with Crippen molar-refractivity contribution in [3.8, 4) is 0 Å². The highest BCUT2D eigenvalue weighted by Gasteiger charge is 2.45. The number of rotatable bonds is 3. The standard InChI is InChI=1S/C22H22F3NO/c23-18-9-7-16(8-10-18)21-19-6-2-1-4-15(19)11-13-26(21)20(27)14-17-5-3-12-22(17,24)25/h1-2,4,6-10,17,21H,3,5,11-14H2/t17?,21-/m0/s1. The predicted molar refractivity (Wildman–Crippen MR) is 97.0 cm³/mol. The van der Waals surface area contributed by atoms with E-state index < -0.39 is 11.8 Å². The van der Waals surface area contributed by atoms with Crippen LogP contribution in [0, 0.1) is 11.7 Å². The van der Waals surface area contributed by atoms with Crippen LogP contribution in [0.25, 0.3) is 0 Å². The van der Waals surface area contributed by atoms with Crippen LogP contribution in [0.4, 0.5) is 13.2 Å². The smallest absolute Gasteiger partial charge is 0.251 e. The van der Waals surface area contributed by atoms with Crippen molar-refractivity contribution < 1.29 is 18.0 Å². The summed E-state index contributed by atoms with van der Waals surface area (Å²) in [6.45, 7) is 0.482. The molecule has 1 saturated carbocycles. The zero-order valence-corrected chi connectivity index (χ0v) is 15.0. The Bertz CT molecular complexity index is 834. The van der Waals surface area contributed by atoms with Gasteiger partial charge in [-0.1, -0.05) is 36.4 Å². The summed E-state index contributed by atoms with van der Waals surface area (Å²) in [5.41, 5.74) is 2.93. The molecule has 0 radical (unpaired) electrons. The fourth-order valence-corrected chi connectivity index (χ4v) is 4.42. The minimum atomic E-state index is -2.76. The van der Waals surface area contributed by atoms with E-state index in [9.17, 15) is 18.0 Å². The van der Waals surface area contributed by atoms with Gasteiger partial charge in [0, 0.05) is 25.3 Å². The summed E-state index contributed by atoms with van der Waals surface area (Å²) >= 11 is 0. The first-order valence-electron chi connectivity index (χ1n) is 9.46. The molecule has 1 amide bonds. The summed E-state index contributed by atoms with van der Waals surface area (Å²) in [7, 11) is 0. The van der Waals surface area contributed by atoms with Crippen LogP contribution in [-0.4, -0.2) is 23.3 Å². The minimum absolute atomic E-state index is 0.130. The first kappa shape index (κ1) is 18.1. The molecule has 2 aromatic carbocycles. The quantitative estimate of drug-likeness (QED) is 0.731. The monoisotopic (exact) mass is 373 g/mol. The molecule has 1 unspecified atom stereocenters. The molecule has 5 heteroatoms. The number of hydrogen-bond donors (Lipinski definition) is 0. The lowest BCUT2D eigenvalue weighted by molar-refractivity contribution is -0.138. The van der Waals surface area contributed by atoms with E-state index in [1.54, 1.807) is 17.0 Å². The van der Waals surface area contributed by atoms with Crippen LogP contribution in [0.1, 0.15) is 48.4 Å². The lowest BCUT2D eigenvalue weighted by atomic mass is 9.87. The average molecular weight is 373 g/mol. The maximum absolute atomic E-state index is 14.0. The molecule has 0 aromatic heterocycles. The van der Waals surface area contributed by atoms with Crippen molar-refractivity contribution in [2.75, 3.05) is 6.54 Å². The van der Waals surface area contributed by atoms with Crippen molar-refractivity contribution in [1.29, 1.82) is 0 Å². The van der Waals surface area contributed by atoms with E-state index in [2.05, 4.69) is 0 Å². The predicted octanol–water partition coefficient (Wildman–Crippen LogP) is 5.13. The third kappa shape index (κ3) is 3.47. The minimum Gasteiger partial charge on any atom is -0.331 e. The van der Waals surface area contributed by atoms with Gasteiger partial charge in [0.25, 0.3) is 5.92 Å². The van der Waals surface area contributed by atoms with Crippen molar-refractivity contribution in [3.63, 3.8) is 0 Å². The van der Waals surface area contributed by atoms with Crippen LogP contribution in [0.3, 0.4) is 0 Å². The Morgan fingerprint density at radius 2 is 1.85 bits per heavy atom. The number of nitrogens with zero attached hydrogens (tertiary/aromatic N) is 1. The second-order valence-corrected chi connectivity index (χ2v) is 7.54. The van der Waals surface area contributed by atoms with Crippen molar-refractivity contribution in [1.82, 2.24) is 4.90 Å². The number of fused-ring (bicyclic) bond motifs is 1. The van der Waals surface area contributed by atoms with E-state index in [-0.39, 0.29) is 30.6 Å². The first-order chi connectivity index (χ1) is 13.0. The van der Waals surface area contributed by atoms with Crippen molar-refractivity contribution in [2.45, 2.75) is 44.1 Å². The Balaban J connectivity index is 1.66. The van der Waals surface area contributed by atoms with E-state index in [1.807, 2.05) is 24.3 Å². The molecule has 1 fully saturated rings. The Labute approximate surface area is 157 Å². The normalized spacial score (nSPS) is 23.9. The average Bonchev–Trinajstić information content (AvgIpc) is 2.99. The van der Waals surface area contributed by atoms with Gasteiger partial charge in [-0.15, -0.1) is 0 Å². The molecule has 0 N–H and O–H groups in total. The topological polar surface area (TPSA) is 20.3 Å². The van der Waals surface area contributed by atoms with E-state index in [1.165, 1.54) is 12.1 Å². The SMILES string of the molecule is O=C(CC1CCCC1(F)F)N1CCc2ccccc2[C@@H]1c1ccc(F)cc1. The van der Waals surface area contributed by atoms with Gasteiger partial charge in [0.05, 0.1) is 6.04 Å². The van der Waals surface area contributed by atoms with Crippen molar-refractivity contribution in [2.24, 2.45) is 5.92 Å². The van der Waals surface area contributed by atoms with Gasteiger partial charge in [-0.25, -0.2) is 13.2 Å². The van der Waals surface area contributed by atoms with E-state index >= 15 is 0 Å². The summed E-state index contributed by atoms with van der Waals surface area (Å²) in [4.78, 5) is 14.7. The number of amides is 1. The molecule has 1 heterocycles. The van der Waals surface area contributed by atoms with Crippen LogP contribution >= 0.6 is 0 Å². The van der Waals surface area contributed by atoms with Gasteiger partial charge >= 0.3 is 0 Å². The molecular weight excluding hydrogens is 351 g/mol. The molecule has 27 heavy (non-hydrogen) atoms. The highest BCUT2D eigenvalue weighted by molar-refractivity contribution is 5.78. The number of hydrogen-bond acceptors (Lipinski definition) is 1. The Morgan fingerprint density at radius 1 is 1.11 bits per heavy atom. The maximum Gasteiger partial charge on any atom is 0.251 e. The fourth-order valence-electron chi connectivity index (χ4n) is 4.42. The molecule has 2 aliphatic rings. The lowest BCUT2D eigenvalue weighted by Gasteiger charge is -2.38. The number of alkyl halides is 2. The van der Waals surface area contributed by atoms with Gasteiger partial charge in [0.1, 0.15) is 5.82 Å². The molecule has 1 aliphatic carbocycles. The van der Waals surface area contributed by atoms with E-state index in [4.69, 9.17) is 0 Å². The van der Waals surface area contributed by atoms with Crippen LogP contribution < -0.4 is 0 Å².